The Bertz CT molecular complexity index is 1440. The lowest BCUT2D eigenvalue weighted by molar-refractivity contribution is -0.131. The topological polar surface area (TPSA) is 167 Å². The van der Waals surface area contributed by atoms with Crippen LogP contribution in [0.1, 0.15) is 82.0 Å². The molecule has 3 aromatic rings. The third-order valence-corrected chi connectivity index (χ3v) is 8.78. The number of piperidine rings is 2. The van der Waals surface area contributed by atoms with Gasteiger partial charge in [0, 0.05) is 13.0 Å². The van der Waals surface area contributed by atoms with Gasteiger partial charge in [-0.25, -0.2) is 10.7 Å². The Morgan fingerprint density at radius 1 is 1.02 bits per heavy atom. The van der Waals surface area contributed by atoms with Crippen LogP contribution in [0.15, 0.2) is 29.1 Å². The quantitative estimate of drug-likeness (QED) is 0.158. The van der Waals surface area contributed by atoms with Crippen molar-refractivity contribution in [1.29, 1.82) is 0 Å². The summed E-state index contributed by atoms with van der Waals surface area (Å²) in [6.07, 6.45) is 8.72. The number of unbranched alkanes of at least 4 members (excludes halogenated alkanes) is 1. The molecule has 4 heterocycles. The van der Waals surface area contributed by atoms with Crippen molar-refractivity contribution in [3.05, 3.63) is 45.9 Å². The molecule has 0 aliphatic carbocycles. The molecule has 13 heteroatoms. The molecule has 2 aromatic heterocycles. The maximum Gasteiger partial charge on any atom is 0.328 e. The van der Waals surface area contributed by atoms with Gasteiger partial charge in [0.1, 0.15) is 5.52 Å². The Hall–Kier alpha value is -3.36. The van der Waals surface area contributed by atoms with Crippen LogP contribution in [0.3, 0.4) is 0 Å². The van der Waals surface area contributed by atoms with Crippen molar-refractivity contribution < 1.29 is 19.1 Å². The van der Waals surface area contributed by atoms with E-state index in [9.17, 15) is 9.59 Å². The molecule has 0 radical (unpaired) electrons. The first-order chi connectivity index (χ1) is 22.0. The number of rotatable bonds is 16. The Balaban J connectivity index is 1.36. The highest BCUT2D eigenvalue weighted by Crippen LogP contribution is 2.34. The van der Waals surface area contributed by atoms with E-state index in [2.05, 4.69) is 60.8 Å². The van der Waals surface area contributed by atoms with Gasteiger partial charge in [-0.05, 0) is 56.3 Å². The van der Waals surface area contributed by atoms with Crippen LogP contribution in [0.2, 0.25) is 0 Å². The van der Waals surface area contributed by atoms with Crippen LogP contribution in [0, 0.1) is 0 Å². The molecule has 13 nitrogen and oxygen atoms in total. The van der Waals surface area contributed by atoms with Gasteiger partial charge in [0.25, 0.3) is 0 Å². The molecule has 2 aliphatic heterocycles. The smallest absolute Gasteiger partial charge is 0.328 e. The standard InChI is InChI=1S/C32H48N8O5/c1-2-3-18-44-31-36-28(33)27-29(37-31)40(32(42)35-27)22-23-10-12-24(13-11-23)30(38-15-6-4-7-16-38)39-17-8-5-9-25(39)26(41)14-19-43-20-21-45-34/h10-13,25,30H,2-9,14-22,34H2,1H3,(H,35,42)(H2,33,36,37). The van der Waals surface area contributed by atoms with E-state index in [1.54, 1.807) is 4.57 Å². The van der Waals surface area contributed by atoms with E-state index in [4.69, 9.17) is 21.1 Å². The minimum atomic E-state index is -0.304. The number of nitrogens with zero attached hydrogens (tertiary/aromatic N) is 5. The Kier molecular flexibility index (Phi) is 11.9. The Morgan fingerprint density at radius 3 is 2.56 bits per heavy atom. The first-order valence-electron chi connectivity index (χ1n) is 16.4. The predicted molar refractivity (Wildman–Crippen MR) is 172 cm³/mol. The lowest BCUT2D eigenvalue weighted by Crippen LogP contribution is -2.52. The largest absolute Gasteiger partial charge is 0.463 e. The highest BCUT2D eigenvalue weighted by atomic mass is 16.6. The molecule has 2 unspecified atom stereocenters. The molecule has 0 saturated carbocycles. The summed E-state index contributed by atoms with van der Waals surface area (Å²) in [6.45, 7) is 6.80. The number of imidazole rings is 1. The van der Waals surface area contributed by atoms with Crippen LogP contribution in [-0.2, 0) is 20.9 Å². The molecule has 2 fully saturated rings. The summed E-state index contributed by atoms with van der Waals surface area (Å²) in [4.78, 5) is 47.5. The molecule has 0 spiro atoms. The zero-order valence-electron chi connectivity index (χ0n) is 26.4. The lowest BCUT2D eigenvalue weighted by Gasteiger charge is -2.46. The van der Waals surface area contributed by atoms with Gasteiger partial charge in [-0.2, -0.15) is 9.97 Å². The predicted octanol–water partition coefficient (Wildman–Crippen LogP) is 3.13. The molecular formula is C32H48N8O5. The van der Waals surface area contributed by atoms with Crippen molar-refractivity contribution in [2.75, 3.05) is 51.8 Å². The number of fused-ring (bicyclic) bond motifs is 1. The van der Waals surface area contributed by atoms with Crippen LogP contribution in [0.5, 0.6) is 6.01 Å². The van der Waals surface area contributed by atoms with Crippen LogP contribution in [0.4, 0.5) is 5.82 Å². The van der Waals surface area contributed by atoms with E-state index in [0.29, 0.717) is 50.6 Å². The van der Waals surface area contributed by atoms with Crippen LogP contribution in [-0.4, -0.2) is 87.2 Å². The number of carbonyl (C=O) groups excluding carboxylic acids is 1. The maximum atomic E-state index is 13.5. The molecule has 0 amide bonds. The third-order valence-electron chi connectivity index (χ3n) is 8.78. The Labute approximate surface area is 264 Å². The number of carbonyl (C=O) groups is 1. The fourth-order valence-electron chi connectivity index (χ4n) is 6.44. The number of ketones is 1. The van der Waals surface area contributed by atoms with Crippen molar-refractivity contribution in [1.82, 2.24) is 29.3 Å². The second-order valence-electron chi connectivity index (χ2n) is 12.0. The molecule has 5 rings (SSSR count). The highest BCUT2D eigenvalue weighted by molar-refractivity contribution is 5.84. The average molecular weight is 625 g/mol. The molecule has 2 atom stereocenters. The monoisotopic (exact) mass is 624 g/mol. The van der Waals surface area contributed by atoms with Gasteiger partial charge in [-0.3, -0.25) is 19.2 Å². The first kappa shape index (κ1) is 33.0. The second-order valence-corrected chi connectivity index (χ2v) is 12.0. The van der Waals surface area contributed by atoms with Crippen LogP contribution >= 0.6 is 0 Å². The summed E-state index contributed by atoms with van der Waals surface area (Å²) in [7, 11) is 0. The van der Waals surface area contributed by atoms with Crippen molar-refractivity contribution >= 4 is 22.8 Å². The number of aromatic amines is 1. The van der Waals surface area contributed by atoms with E-state index >= 15 is 0 Å². The van der Waals surface area contributed by atoms with Gasteiger partial charge in [-0.15, -0.1) is 0 Å². The fourth-order valence-corrected chi connectivity index (χ4v) is 6.44. The summed E-state index contributed by atoms with van der Waals surface area (Å²) in [6, 6.07) is 8.43. The van der Waals surface area contributed by atoms with Gasteiger partial charge in [0.05, 0.1) is 45.2 Å². The van der Waals surface area contributed by atoms with E-state index in [1.165, 1.54) is 6.42 Å². The van der Waals surface area contributed by atoms with Crippen molar-refractivity contribution in [3.8, 4) is 6.01 Å². The number of nitrogen functional groups attached to an aromatic ring is 1. The zero-order chi connectivity index (χ0) is 31.6. The third kappa shape index (κ3) is 8.27. The van der Waals surface area contributed by atoms with Crippen molar-refractivity contribution in [2.24, 2.45) is 5.90 Å². The molecule has 246 valence electrons. The number of nitrogens with two attached hydrogens (primary N) is 2. The number of ether oxygens (including phenoxy) is 2. The minimum Gasteiger partial charge on any atom is -0.463 e. The van der Waals surface area contributed by atoms with Crippen LogP contribution in [0.25, 0.3) is 11.2 Å². The zero-order valence-corrected chi connectivity index (χ0v) is 26.4. The molecule has 45 heavy (non-hydrogen) atoms. The average Bonchev–Trinajstić information content (AvgIpc) is 3.37. The molecule has 5 N–H and O–H groups in total. The van der Waals surface area contributed by atoms with Gasteiger partial charge in [0.15, 0.2) is 17.2 Å². The van der Waals surface area contributed by atoms with Crippen molar-refractivity contribution in [2.45, 2.75) is 83.5 Å². The molecule has 2 saturated heterocycles. The number of benzene rings is 1. The molecule has 1 aromatic carbocycles. The number of hydrogen-bond donors (Lipinski definition) is 3. The number of Topliss-reactive ketones (excluding diaryl/α,β-unsaturated/α-hetero) is 1. The number of likely N-dealkylation sites (tertiary alicyclic amines) is 2. The maximum absolute atomic E-state index is 13.5. The SMILES string of the molecule is CCCCOc1nc(N)c2[nH]c(=O)n(Cc3ccc(C(N4CCCCC4)N4CCCCC4C(=O)CCOCCON)cc3)c2n1. The lowest BCUT2D eigenvalue weighted by atomic mass is 9.93. The molecule has 0 bridgehead atoms. The fraction of sp³-hybridized carbons (Fsp3) is 0.625. The van der Waals surface area contributed by atoms with Gasteiger partial charge >= 0.3 is 11.7 Å². The van der Waals surface area contributed by atoms with Gasteiger partial charge in [0.2, 0.25) is 0 Å². The van der Waals surface area contributed by atoms with Gasteiger partial charge in [-0.1, -0.05) is 50.5 Å². The van der Waals surface area contributed by atoms with Crippen LogP contribution < -0.4 is 22.1 Å². The summed E-state index contributed by atoms with van der Waals surface area (Å²) < 4.78 is 12.8. The molecule has 2 aliphatic rings. The normalized spacial score (nSPS) is 18.8. The first-order valence-corrected chi connectivity index (χ1v) is 16.4. The molecular weight excluding hydrogens is 576 g/mol. The van der Waals surface area contributed by atoms with E-state index in [-0.39, 0.29) is 35.5 Å². The summed E-state index contributed by atoms with van der Waals surface area (Å²) in [5, 5.41) is 0. The second kappa shape index (κ2) is 16.3. The van der Waals surface area contributed by atoms with E-state index < -0.39 is 0 Å². The summed E-state index contributed by atoms with van der Waals surface area (Å²) >= 11 is 0. The highest BCUT2D eigenvalue weighted by Gasteiger charge is 2.37. The number of hydrogen-bond acceptors (Lipinski definition) is 11. The summed E-state index contributed by atoms with van der Waals surface area (Å²) in [5.74, 6) is 5.48. The number of aromatic nitrogens is 4. The van der Waals surface area contributed by atoms with E-state index in [0.717, 1.165) is 75.7 Å². The summed E-state index contributed by atoms with van der Waals surface area (Å²) in [5.41, 5.74) is 8.77. The van der Waals surface area contributed by atoms with Crippen molar-refractivity contribution in [3.63, 3.8) is 0 Å². The number of nitrogens with one attached hydrogen (secondary N) is 1. The minimum absolute atomic E-state index is 0.00587. The van der Waals surface area contributed by atoms with Gasteiger partial charge < -0.3 is 25.0 Å². The Morgan fingerprint density at radius 2 is 1.80 bits per heavy atom. The van der Waals surface area contributed by atoms with E-state index in [1.807, 2.05) is 0 Å². The number of anilines is 1. The number of H-pyrrole nitrogens is 1.